The van der Waals surface area contributed by atoms with Crippen molar-refractivity contribution in [2.45, 2.75) is 32.7 Å². The number of rotatable bonds is 5. The van der Waals surface area contributed by atoms with Crippen LogP contribution in [0.1, 0.15) is 47.6 Å². The van der Waals surface area contributed by atoms with Gasteiger partial charge in [-0.2, -0.15) is 0 Å². The highest BCUT2D eigenvalue weighted by Gasteiger charge is 2.21. The van der Waals surface area contributed by atoms with Gasteiger partial charge in [0.2, 0.25) is 0 Å². The standard InChI is InChI=1S/C19H23N3O3/c1-13(2)20-18(23)15-12-14(21-19(24)17-6-5-11-25-17)7-8-16(15)22-9-3-4-10-22/h5-8,11-13H,3-4,9-10H2,1-2H3,(H,20,23)(H,21,24). The first kappa shape index (κ1) is 17.1. The quantitative estimate of drug-likeness (QED) is 0.875. The topological polar surface area (TPSA) is 74.6 Å². The van der Waals surface area contributed by atoms with Gasteiger partial charge in [-0.3, -0.25) is 9.59 Å². The SMILES string of the molecule is CC(C)NC(=O)c1cc(NC(=O)c2ccco2)ccc1N1CCCC1. The van der Waals surface area contributed by atoms with Crippen molar-refractivity contribution < 1.29 is 14.0 Å². The summed E-state index contributed by atoms with van der Waals surface area (Å²) in [5.41, 5.74) is 2.05. The molecule has 6 nitrogen and oxygen atoms in total. The van der Waals surface area contributed by atoms with E-state index in [2.05, 4.69) is 15.5 Å². The maximum absolute atomic E-state index is 12.6. The third-order valence-corrected chi connectivity index (χ3v) is 4.11. The molecule has 1 aromatic carbocycles. The van der Waals surface area contributed by atoms with Crippen LogP contribution in [0.5, 0.6) is 0 Å². The first-order valence-corrected chi connectivity index (χ1v) is 8.59. The van der Waals surface area contributed by atoms with Crippen molar-refractivity contribution in [3.05, 3.63) is 47.9 Å². The minimum absolute atomic E-state index is 0.0419. The number of anilines is 2. The van der Waals surface area contributed by atoms with Crippen LogP contribution in [0.4, 0.5) is 11.4 Å². The summed E-state index contributed by atoms with van der Waals surface area (Å²) >= 11 is 0. The molecule has 6 heteroatoms. The van der Waals surface area contributed by atoms with Crippen LogP contribution >= 0.6 is 0 Å². The Hall–Kier alpha value is -2.76. The Kier molecular flexibility index (Phi) is 5.07. The molecule has 0 spiro atoms. The highest BCUT2D eigenvalue weighted by atomic mass is 16.3. The van der Waals surface area contributed by atoms with Gasteiger partial charge in [-0.05, 0) is 57.0 Å². The van der Waals surface area contributed by atoms with Crippen molar-refractivity contribution in [2.24, 2.45) is 0 Å². The van der Waals surface area contributed by atoms with E-state index in [1.807, 2.05) is 26.0 Å². The minimum atomic E-state index is -0.339. The number of amides is 2. The first-order chi connectivity index (χ1) is 12.0. The number of nitrogens with zero attached hydrogens (tertiary/aromatic N) is 1. The Morgan fingerprint density at radius 3 is 2.52 bits per heavy atom. The van der Waals surface area contributed by atoms with E-state index in [4.69, 9.17) is 4.42 Å². The molecule has 2 aromatic rings. The number of benzene rings is 1. The molecule has 0 radical (unpaired) electrons. The number of furan rings is 1. The fraction of sp³-hybridized carbons (Fsp3) is 0.368. The summed E-state index contributed by atoms with van der Waals surface area (Å²) in [7, 11) is 0. The van der Waals surface area contributed by atoms with Crippen LogP contribution < -0.4 is 15.5 Å². The average Bonchev–Trinajstić information content (AvgIpc) is 3.28. The maximum Gasteiger partial charge on any atom is 0.291 e. The van der Waals surface area contributed by atoms with E-state index in [-0.39, 0.29) is 23.6 Å². The summed E-state index contributed by atoms with van der Waals surface area (Å²) in [5, 5.41) is 5.71. The van der Waals surface area contributed by atoms with Crippen molar-refractivity contribution in [1.82, 2.24) is 5.32 Å². The molecule has 2 N–H and O–H groups in total. The Labute approximate surface area is 147 Å². The molecule has 2 amide bonds. The minimum Gasteiger partial charge on any atom is -0.459 e. The lowest BCUT2D eigenvalue weighted by Crippen LogP contribution is -2.32. The highest BCUT2D eigenvalue weighted by Crippen LogP contribution is 2.28. The predicted octanol–water partition coefficient (Wildman–Crippen LogP) is 3.27. The molecule has 1 aliphatic rings. The molecule has 0 bridgehead atoms. The summed E-state index contributed by atoms with van der Waals surface area (Å²) < 4.78 is 5.10. The molecule has 1 aromatic heterocycles. The van der Waals surface area contributed by atoms with E-state index in [0.717, 1.165) is 31.6 Å². The van der Waals surface area contributed by atoms with E-state index in [9.17, 15) is 9.59 Å². The Balaban J connectivity index is 1.87. The molecule has 0 saturated carbocycles. The second kappa shape index (κ2) is 7.42. The fourth-order valence-electron chi connectivity index (χ4n) is 2.97. The molecule has 1 aliphatic heterocycles. The van der Waals surface area contributed by atoms with Gasteiger partial charge in [0.25, 0.3) is 11.8 Å². The molecule has 1 fully saturated rings. The number of hydrogen-bond acceptors (Lipinski definition) is 4. The summed E-state index contributed by atoms with van der Waals surface area (Å²) in [4.78, 5) is 27.0. The number of hydrogen-bond donors (Lipinski definition) is 2. The largest absolute Gasteiger partial charge is 0.459 e. The zero-order valence-corrected chi connectivity index (χ0v) is 14.5. The van der Waals surface area contributed by atoms with Crippen LogP contribution in [-0.4, -0.2) is 30.9 Å². The second-order valence-corrected chi connectivity index (χ2v) is 6.49. The first-order valence-electron chi connectivity index (χ1n) is 8.59. The van der Waals surface area contributed by atoms with E-state index in [1.165, 1.54) is 6.26 Å². The van der Waals surface area contributed by atoms with E-state index >= 15 is 0 Å². The number of nitrogens with one attached hydrogen (secondary N) is 2. The zero-order valence-electron chi connectivity index (χ0n) is 14.5. The summed E-state index contributed by atoms with van der Waals surface area (Å²) in [5.74, 6) is -0.239. The van der Waals surface area contributed by atoms with Crippen molar-refractivity contribution in [2.75, 3.05) is 23.3 Å². The third kappa shape index (κ3) is 4.02. The molecular formula is C19H23N3O3. The molecule has 0 aliphatic carbocycles. The molecule has 0 unspecified atom stereocenters. The second-order valence-electron chi connectivity index (χ2n) is 6.49. The van der Waals surface area contributed by atoms with E-state index < -0.39 is 0 Å². The van der Waals surface area contributed by atoms with Gasteiger partial charge in [0.1, 0.15) is 0 Å². The smallest absolute Gasteiger partial charge is 0.291 e. The van der Waals surface area contributed by atoms with E-state index in [0.29, 0.717) is 11.3 Å². The van der Waals surface area contributed by atoms with Crippen molar-refractivity contribution in [3.63, 3.8) is 0 Å². The van der Waals surface area contributed by atoms with Crippen LogP contribution in [-0.2, 0) is 0 Å². The third-order valence-electron chi connectivity index (χ3n) is 4.11. The molecular weight excluding hydrogens is 318 g/mol. The fourth-order valence-corrected chi connectivity index (χ4v) is 2.97. The van der Waals surface area contributed by atoms with Gasteiger partial charge >= 0.3 is 0 Å². The zero-order chi connectivity index (χ0) is 17.8. The number of carbonyl (C=O) groups is 2. The van der Waals surface area contributed by atoms with E-state index in [1.54, 1.807) is 18.2 Å². The van der Waals surface area contributed by atoms with Gasteiger partial charge in [-0.1, -0.05) is 0 Å². The maximum atomic E-state index is 12.6. The van der Waals surface area contributed by atoms with Crippen LogP contribution in [0.15, 0.2) is 41.0 Å². The van der Waals surface area contributed by atoms with Crippen molar-refractivity contribution >= 4 is 23.2 Å². The molecule has 3 rings (SSSR count). The molecule has 132 valence electrons. The molecule has 25 heavy (non-hydrogen) atoms. The Morgan fingerprint density at radius 2 is 1.88 bits per heavy atom. The van der Waals surface area contributed by atoms with Gasteiger partial charge in [0.05, 0.1) is 11.8 Å². The lowest BCUT2D eigenvalue weighted by atomic mass is 10.1. The molecule has 1 saturated heterocycles. The van der Waals surface area contributed by atoms with Crippen LogP contribution in [0, 0.1) is 0 Å². The van der Waals surface area contributed by atoms with Gasteiger partial charge in [0.15, 0.2) is 5.76 Å². The highest BCUT2D eigenvalue weighted by molar-refractivity contribution is 6.05. The summed E-state index contributed by atoms with van der Waals surface area (Å²) in [6.45, 7) is 5.74. The normalized spacial score (nSPS) is 14.0. The Morgan fingerprint density at radius 1 is 1.12 bits per heavy atom. The van der Waals surface area contributed by atoms with Crippen molar-refractivity contribution in [3.8, 4) is 0 Å². The van der Waals surface area contributed by atoms with Crippen LogP contribution in [0.3, 0.4) is 0 Å². The van der Waals surface area contributed by atoms with Gasteiger partial charge in [-0.15, -0.1) is 0 Å². The van der Waals surface area contributed by atoms with Gasteiger partial charge in [0, 0.05) is 30.5 Å². The van der Waals surface area contributed by atoms with Gasteiger partial charge < -0.3 is 20.0 Å². The van der Waals surface area contributed by atoms with Crippen LogP contribution in [0.2, 0.25) is 0 Å². The molecule has 0 atom stereocenters. The lowest BCUT2D eigenvalue weighted by Gasteiger charge is -2.22. The predicted molar refractivity (Wildman–Crippen MR) is 97.2 cm³/mol. The molecule has 2 heterocycles. The Bertz CT molecular complexity index is 747. The van der Waals surface area contributed by atoms with Gasteiger partial charge in [-0.25, -0.2) is 0 Å². The lowest BCUT2D eigenvalue weighted by molar-refractivity contribution is 0.0941. The van der Waals surface area contributed by atoms with Crippen LogP contribution in [0.25, 0.3) is 0 Å². The summed E-state index contributed by atoms with van der Waals surface area (Å²) in [6.07, 6.45) is 3.71. The average molecular weight is 341 g/mol. The van der Waals surface area contributed by atoms with Crippen molar-refractivity contribution in [1.29, 1.82) is 0 Å². The summed E-state index contributed by atoms with van der Waals surface area (Å²) in [6, 6.07) is 8.75. The monoisotopic (exact) mass is 341 g/mol. The number of carbonyl (C=O) groups excluding carboxylic acids is 2.